The number of aryl methyl sites for hydroxylation is 1. The van der Waals surface area contributed by atoms with Gasteiger partial charge in [-0.05, 0) is 26.0 Å². The minimum absolute atomic E-state index is 0.874. The first-order valence-electron chi connectivity index (χ1n) is 3.82. The van der Waals surface area contributed by atoms with Crippen molar-refractivity contribution in [1.82, 2.24) is 0 Å². The lowest BCUT2D eigenvalue weighted by Gasteiger charge is -1.94. The van der Waals surface area contributed by atoms with Gasteiger partial charge in [-0.2, -0.15) is 0 Å². The Labute approximate surface area is 70.7 Å². The third-order valence-corrected chi connectivity index (χ3v) is 2.57. The van der Waals surface area contributed by atoms with Gasteiger partial charge in [0.15, 0.2) is 0 Å². The van der Waals surface area contributed by atoms with Gasteiger partial charge in [-0.25, -0.2) is 0 Å². The molecule has 0 heterocycles. The molecule has 0 bridgehead atoms. The average Bonchev–Trinajstić information content (AvgIpc) is 1.93. The Morgan fingerprint density at radius 3 is 2.09 bits per heavy atom. The van der Waals surface area contributed by atoms with E-state index in [0.29, 0.717) is 0 Å². The summed E-state index contributed by atoms with van der Waals surface area (Å²) in [5.74, 6) is 0. The largest absolute Gasteiger partial charge is 0.0906 e. The summed E-state index contributed by atoms with van der Waals surface area (Å²) in [5, 5.41) is 2.93. The predicted molar refractivity (Wildman–Crippen MR) is 52.9 cm³/mol. The highest BCUT2D eigenvalue weighted by molar-refractivity contribution is 6.65. The molecule has 0 aromatic heterocycles. The standard InChI is InChI=1S/C10H13Si/c1-8(2)11-10-6-4-9(3)5-7-10/h4-7H,1-3H3. The third-order valence-electron chi connectivity index (χ3n) is 1.45. The molecule has 0 saturated heterocycles. The van der Waals surface area contributed by atoms with Crippen molar-refractivity contribution in [2.75, 3.05) is 0 Å². The van der Waals surface area contributed by atoms with Gasteiger partial charge in [0.05, 0.1) is 9.13 Å². The fraction of sp³-hybridized carbons (Fsp3) is 0.300. The normalized spacial score (nSPS) is 9.36. The van der Waals surface area contributed by atoms with Crippen LogP contribution in [-0.2, 0) is 0 Å². The molecule has 0 fully saturated rings. The summed E-state index contributed by atoms with van der Waals surface area (Å²) in [6.07, 6.45) is 0. The third kappa shape index (κ3) is 2.81. The van der Waals surface area contributed by atoms with Crippen LogP contribution in [0, 0.1) is 6.92 Å². The van der Waals surface area contributed by atoms with Crippen LogP contribution < -0.4 is 5.19 Å². The van der Waals surface area contributed by atoms with Crippen LogP contribution in [0.2, 0.25) is 0 Å². The van der Waals surface area contributed by atoms with Gasteiger partial charge in [-0.15, -0.1) is 0 Å². The van der Waals surface area contributed by atoms with Crippen LogP contribution >= 0.6 is 0 Å². The number of hydrogen-bond acceptors (Lipinski definition) is 0. The van der Waals surface area contributed by atoms with Gasteiger partial charge in [0.1, 0.15) is 0 Å². The van der Waals surface area contributed by atoms with Gasteiger partial charge < -0.3 is 0 Å². The van der Waals surface area contributed by atoms with Gasteiger partial charge in [-0.1, -0.05) is 35.0 Å². The van der Waals surface area contributed by atoms with E-state index in [2.05, 4.69) is 45.0 Å². The van der Waals surface area contributed by atoms with E-state index in [1.165, 1.54) is 15.9 Å². The Kier molecular flexibility index (Phi) is 2.77. The predicted octanol–water partition coefficient (Wildman–Crippen LogP) is 1.54. The van der Waals surface area contributed by atoms with Crippen LogP contribution in [0.5, 0.6) is 0 Å². The summed E-state index contributed by atoms with van der Waals surface area (Å²) >= 11 is 0. The molecular formula is C10H13Si. The molecule has 1 aromatic carbocycles. The molecule has 0 atom stereocenters. The molecule has 0 aliphatic heterocycles. The van der Waals surface area contributed by atoms with Crippen molar-refractivity contribution in [1.29, 1.82) is 0 Å². The molecule has 1 radical (unpaired) electrons. The zero-order valence-electron chi connectivity index (χ0n) is 7.31. The molecule has 0 aliphatic carbocycles. The van der Waals surface area contributed by atoms with Crippen LogP contribution in [-0.4, -0.2) is 14.3 Å². The first-order valence-corrected chi connectivity index (χ1v) is 4.82. The number of rotatable bonds is 1. The summed E-state index contributed by atoms with van der Waals surface area (Å²) in [5.41, 5.74) is 1.34. The highest BCUT2D eigenvalue weighted by atomic mass is 28.2. The van der Waals surface area contributed by atoms with Gasteiger partial charge in [0.2, 0.25) is 0 Å². The van der Waals surface area contributed by atoms with E-state index in [9.17, 15) is 0 Å². The second-order valence-electron chi connectivity index (χ2n) is 2.99. The Hall–Kier alpha value is -0.693. The number of hydrogen-bond donors (Lipinski definition) is 0. The fourth-order valence-electron chi connectivity index (χ4n) is 0.926. The Bertz CT molecular complexity index is 253. The Balaban J connectivity index is 2.91. The van der Waals surface area contributed by atoms with E-state index in [1.54, 1.807) is 0 Å². The van der Waals surface area contributed by atoms with E-state index < -0.39 is 0 Å². The van der Waals surface area contributed by atoms with E-state index in [-0.39, 0.29) is 0 Å². The SMILES string of the molecule is CC(C)=[Si]c1ccc(C)cc1. The lowest BCUT2D eigenvalue weighted by Crippen LogP contribution is -2.11. The molecular weight excluding hydrogens is 148 g/mol. The minimum Gasteiger partial charge on any atom is -0.0906 e. The Morgan fingerprint density at radius 2 is 1.64 bits per heavy atom. The molecule has 0 N–H and O–H groups in total. The van der Waals surface area contributed by atoms with Crippen LogP contribution in [0.1, 0.15) is 19.4 Å². The van der Waals surface area contributed by atoms with Gasteiger partial charge in [0.25, 0.3) is 0 Å². The first-order chi connectivity index (χ1) is 5.18. The van der Waals surface area contributed by atoms with Crippen molar-refractivity contribution < 1.29 is 0 Å². The molecule has 1 rings (SSSR count). The summed E-state index contributed by atoms with van der Waals surface area (Å²) < 4.78 is 0. The maximum atomic E-state index is 2.21. The topological polar surface area (TPSA) is 0 Å². The zero-order valence-corrected chi connectivity index (χ0v) is 8.31. The van der Waals surface area contributed by atoms with E-state index in [4.69, 9.17) is 0 Å². The molecule has 0 unspecified atom stereocenters. The summed E-state index contributed by atoms with van der Waals surface area (Å²) in [6.45, 7) is 6.48. The average molecular weight is 161 g/mol. The minimum atomic E-state index is 0.874. The van der Waals surface area contributed by atoms with E-state index in [0.717, 1.165) is 9.13 Å². The van der Waals surface area contributed by atoms with Crippen LogP contribution in [0.15, 0.2) is 24.3 Å². The summed E-state index contributed by atoms with van der Waals surface area (Å²) in [7, 11) is 0.874. The lowest BCUT2D eigenvalue weighted by molar-refractivity contribution is 1.49. The van der Waals surface area contributed by atoms with Crippen LogP contribution in [0.3, 0.4) is 0 Å². The second-order valence-corrected chi connectivity index (χ2v) is 4.82. The quantitative estimate of drug-likeness (QED) is 0.548. The molecule has 0 aliphatic rings. The molecule has 1 aromatic rings. The molecule has 0 saturated carbocycles. The van der Waals surface area contributed by atoms with Gasteiger partial charge >= 0.3 is 0 Å². The van der Waals surface area contributed by atoms with Crippen molar-refractivity contribution in [2.24, 2.45) is 0 Å². The highest BCUT2D eigenvalue weighted by Crippen LogP contribution is 1.91. The van der Waals surface area contributed by atoms with Gasteiger partial charge in [-0.3, -0.25) is 0 Å². The molecule has 0 amide bonds. The first kappa shape index (κ1) is 8.40. The highest BCUT2D eigenvalue weighted by Gasteiger charge is 1.86. The maximum Gasteiger partial charge on any atom is 0.0583 e. The molecule has 57 valence electrons. The van der Waals surface area contributed by atoms with Crippen LogP contribution in [0.25, 0.3) is 0 Å². The monoisotopic (exact) mass is 161 g/mol. The smallest absolute Gasteiger partial charge is 0.0583 e. The van der Waals surface area contributed by atoms with E-state index >= 15 is 0 Å². The molecule has 1 heteroatoms. The van der Waals surface area contributed by atoms with E-state index in [1.807, 2.05) is 0 Å². The Morgan fingerprint density at radius 1 is 1.09 bits per heavy atom. The maximum absolute atomic E-state index is 2.21. The lowest BCUT2D eigenvalue weighted by atomic mass is 10.2. The fourth-order valence-corrected chi connectivity index (χ4v) is 1.84. The molecule has 0 nitrogen and oxygen atoms in total. The van der Waals surface area contributed by atoms with Crippen LogP contribution in [0.4, 0.5) is 0 Å². The number of benzene rings is 1. The summed E-state index contributed by atoms with van der Waals surface area (Å²) in [4.78, 5) is 0. The van der Waals surface area contributed by atoms with Crippen molar-refractivity contribution in [3.8, 4) is 0 Å². The second kappa shape index (κ2) is 3.63. The molecule has 11 heavy (non-hydrogen) atoms. The van der Waals surface area contributed by atoms with Crippen molar-refractivity contribution in [2.45, 2.75) is 20.8 Å². The zero-order chi connectivity index (χ0) is 8.27. The summed E-state index contributed by atoms with van der Waals surface area (Å²) in [6, 6.07) is 8.76. The van der Waals surface area contributed by atoms with Crippen molar-refractivity contribution >= 4 is 19.5 Å². The van der Waals surface area contributed by atoms with Crippen molar-refractivity contribution in [3.63, 3.8) is 0 Å². The van der Waals surface area contributed by atoms with Gasteiger partial charge in [0, 0.05) is 0 Å². The van der Waals surface area contributed by atoms with Crippen molar-refractivity contribution in [3.05, 3.63) is 29.8 Å². The molecule has 0 spiro atoms.